The number of hydrogen-bond donors (Lipinski definition) is 1. The molecule has 1 aromatic rings. The lowest BCUT2D eigenvalue weighted by molar-refractivity contribution is -0.121. The quantitative estimate of drug-likeness (QED) is 0.656. The fraction of sp³-hybridized carbons (Fsp3) is 0.524. The van der Waals surface area contributed by atoms with Crippen LogP contribution in [0.25, 0.3) is 0 Å². The number of rotatable bonds is 4. The highest BCUT2D eigenvalue weighted by Crippen LogP contribution is 2.63. The van der Waals surface area contributed by atoms with Gasteiger partial charge in [-0.15, -0.1) is 0 Å². The lowest BCUT2D eigenvalue weighted by Crippen LogP contribution is -2.35. The molecule has 1 N–H and O–H groups in total. The molecule has 3 aliphatic rings. The summed E-state index contributed by atoms with van der Waals surface area (Å²) in [5.41, 5.74) is 4.76. The highest BCUT2D eigenvalue weighted by Gasteiger charge is 2.60. The molecular weight excluding hydrogens is 342 g/mol. The Balaban J connectivity index is 1.37. The molecule has 1 aromatic carbocycles. The van der Waals surface area contributed by atoms with Gasteiger partial charge in [-0.2, -0.15) is 5.10 Å². The van der Waals surface area contributed by atoms with Gasteiger partial charge in [-0.25, -0.2) is 5.43 Å². The molecule has 4 rings (SSSR count). The van der Waals surface area contributed by atoms with Gasteiger partial charge in [0.1, 0.15) is 0 Å². The molecule has 1 heterocycles. The van der Waals surface area contributed by atoms with Crippen molar-refractivity contribution in [3.63, 3.8) is 0 Å². The van der Waals surface area contributed by atoms with E-state index in [-0.39, 0.29) is 41.5 Å². The Morgan fingerprint density at radius 1 is 1.19 bits per heavy atom. The Morgan fingerprint density at radius 3 is 2.33 bits per heavy atom. The van der Waals surface area contributed by atoms with Crippen LogP contribution < -0.4 is 5.43 Å². The van der Waals surface area contributed by atoms with E-state index in [1.54, 1.807) is 24.3 Å². The van der Waals surface area contributed by atoms with Gasteiger partial charge in [0.15, 0.2) is 0 Å². The monoisotopic (exact) mass is 367 g/mol. The third-order valence-corrected chi connectivity index (χ3v) is 7.27. The number of hydrogen-bond acceptors (Lipinski definition) is 4. The Morgan fingerprint density at radius 2 is 1.81 bits per heavy atom. The molecule has 3 amide bonds. The minimum absolute atomic E-state index is 0.0352. The zero-order chi connectivity index (χ0) is 19.4. The van der Waals surface area contributed by atoms with Crippen LogP contribution >= 0.6 is 0 Å². The van der Waals surface area contributed by atoms with Crippen LogP contribution in [0.5, 0.6) is 0 Å². The third kappa shape index (κ3) is 2.53. The summed E-state index contributed by atoms with van der Waals surface area (Å²) in [4.78, 5) is 38.1. The second kappa shape index (κ2) is 6.01. The van der Waals surface area contributed by atoms with Crippen LogP contribution in [0.3, 0.4) is 0 Å². The SMILES string of the molecule is CC1(C)[C@H]2CC[C@]1(C)/C(=N/NC(=O)CCN1C(=O)c3ccccc3C1=O)C2. The maximum Gasteiger partial charge on any atom is 0.261 e. The van der Waals surface area contributed by atoms with E-state index < -0.39 is 0 Å². The number of carbonyl (C=O) groups is 3. The van der Waals surface area contributed by atoms with Gasteiger partial charge in [-0.05, 0) is 42.7 Å². The normalized spacial score (nSPS) is 29.5. The molecule has 1 aliphatic heterocycles. The summed E-state index contributed by atoms with van der Waals surface area (Å²) in [6.45, 7) is 6.88. The molecule has 6 heteroatoms. The van der Waals surface area contributed by atoms with E-state index in [0.29, 0.717) is 17.0 Å². The van der Waals surface area contributed by atoms with Crippen molar-refractivity contribution in [2.24, 2.45) is 21.8 Å². The van der Waals surface area contributed by atoms with Crippen LogP contribution in [0.4, 0.5) is 0 Å². The lowest BCUT2D eigenvalue weighted by atomic mass is 9.70. The summed E-state index contributed by atoms with van der Waals surface area (Å²) < 4.78 is 0. The Labute approximate surface area is 159 Å². The topological polar surface area (TPSA) is 78.8 Å². The highest BCUT2D eigenvalue weighted by atomic mass is 16.2. The van der Waals surface area contributed by atoms with Crippen molar-refractivity contribution in [1.82, 2.24) is 10.3 Å². The summed E-state index contributed by atoms with van der Waals surface area (Å²) in [6.07, 6.45) is 3.30. The fourth-order valence-electron chi connectivity index (χ4n) is 4.94. The predicted molar refractivity (Wildman–Crippen MR) is 101 cm³/mol. The number of imide groups is 1. The molecule has 6 nitrogen and oxygen atoms in total. The molecule has 2 fully saturated rings. The number of hydrazone groups is 1. The van der Waals surface area contributed by atoms with Gasteiger partial charge in [0.25, 0.3) is 11.8 Å². The Hall–Kier alpha value is -2.50. The van der Waals surface area contributed by atoms with Gasteiger partial charge in [0.2, 0.25) is 5.91 Å². The van der Waals surface area contributed by atoms with Crippen molar-refractivity contribution in [1.29, 1.82) is 0 Å². The maximum absolute atomic E-state index is 12.3. The second-order valence-electron chi connectivity index (χ2n) is 8.64. The number of amides is 3. The Bertz CT molecular complexity index is 838. The number of benzene rings is 1. The molecular formula is C21H25N3O3. The zero-order valence-electron chi connectivity index (χ0n) is 16.0. The van der Waals surface area contributed by atoms with E-state index in [1.807, 2.05) is 0 Å². The van der Waals surface area contributed by atoms with Crippen LogP contribution in [0.1, 0.15) is 67.2 Å². The summed E-state index contributed by atoms with van der Waals surface area (Å²) in [5.74, 6) is -0.325. The van der Waals surface area contributed by atoms with Crippen LogP contribution in [-0.2, 0) is 4.79 Å². The first-order valence-corrected chi connectivity index (χ1v) is 9.57. The smallest absolute Gasteiger partial charge is 0.261 e. The number of nitrogens with one attached hydrogen (secondary N) is 1. The van der Waals surface area contributed by atoms with Crippen molar-refractivity contribution in [3.8, 4) is 0 Å². The molecule has 0 saturated heterocycles. The van der Waals surface area contributed by atoms with E-state index in [2.05, 4.69) is 31.3 Å². The van der Waals surface area contributed by atoms with Gasteiger partial charge in [-0.3, -0.25) is 19.3 Å². The minimum Gasteiger partial charge on any atom is -0.274 e. The molecule has 2 atom stereocenters. The summed E-state index contributed by atoms with van der Waals surface area (Å²) in [7, 11) is 0. The second-order valence-corrected chi connectivity index (χ2v) is 8.64. The number of nitrogens with zero attached hydrogens (tertiary/aromatic N) is 2. The van der Waals surface area contributed by atoms with Crippen molar-refractivity contribution >= 4 is 23.4 Å². The Kier molecular flexibility index (Phi) is 3.98. The van der Waals surface area contributed by atoms with Crippen LogP contribution in [0, 0.1) is 16.7 Å². The van der Waals surface area contributed by atoms with Crippen molar-refractivity contribution in [2.45, 2.75) is 46.5 Å². The molecule has 2 aliphatic carbocycles. The van der Waals surface area contributed by atoms with Gasteiger partial charge < -0.3 is 0 Å². The van der Waals surface area contributed by atoms with E-state index in [9.17, 15) is 14.4 Å². The first-order valence-electron chi connectivity index (χ1n) is 9.57. The average Bonchev–Trinajstić information content (AvgIpc) is 3.10. The highest BCUT2D eigenvalue weighted by molar-refractivity contribution is 6.21. The van der Waals surface area contributed by atoms with E-state index >= 15 is 0 Å². The first-order chi connectivity index (χ1) is 12.8. The molecule has 0 spiro atoms. The predicted octanol–water partition coefficient (Wildman–Crippen LogP) is 2.99. The van der Waals surface area contributed by atoms with E-state index in [1.165, 1.54) is 6.42 Å². The standard InChI is InChI=1S/C21H25N3O3/c1-20(2)13-8-10-21(20,3)16(12-13)22-23-17(25)9-11-24-18(26)14-6-4-5-7-15(14)19(24)27/h4-7,13H,8-12H2,1-3H3,(H,23,25)/b22-16+/t13-,21+/m0/s1. The molecule has 2 bridgehead atoms. The van der Waals surface area contributed by atoms with Crippen molar-refractivity contribution in [3.05, 3.63) is 35.4 Å². The molecule has 142 valence electrons. The molecule has 0 aromatic heterocycles. The van der Waals surface area contributed by atoms with Crippen molar-refractivity contribution < 1.29 is 14.4 Å². The zero-order valence-corrected chi connectivity index (χ0v) is 16.0. The van der Waals surface area contributed by atoms with E-state index in [0.717, 1.165) is 23.5 Å². The van der Waals surface area contributed by atoms with Gasteiger partial charge in [0, 0.05) is 24.1 Å². The molecule has 27 heavy (non-hydrogen) atoms. The lowest BCUT2D eigenvalue weighted by Gasteiger charge is -2.34. The van der Waals surface area contributed by atoms with Gasteiger partial charge >= 0.3 is 0 Å². The molecule has 2 saturated carbocycles. The molecule has 0 radical (unpaired) electrons. The van der Waals surface area contributed by atoms with Gasteiger partial charge in [-0.1, -0.05) is 32.9 Å². The van der Waals surface area contributed by atoms with Crippen molar-refractivity contribution in [2.75, 3.05) is 6.54 Å². The minimum atomic E-state index is -0.336. The van der Waals surface area contributed by atoms with Crippen LogP contribution in [0.15, 0.2) is 29.4 Å². The number of fused-ring (bicyclic) bond motifs is 3. The number of carbonyl (C=O) groups excluding carboxylic acids is 3. The summed E-state index contributed by atoms with van der Waals surface area (Å²) >= 11 is 0. The molecule has 0 unspecified atom stereocenters. The van der Waals surface area contributed by atoms with Crippen LogP contribution in [0.2, 0.25) is 0 Å². The van der Waals surface area contributed by atoms with Crippen LogP contribution in [-0.4, -0.2) is 34.9 Å². The maximum atomic E-state index is 12.3. The fourth-order valence-corrected chi connectivity index (χ4v) is 4.94. The summed E-state index contributed by atoms with van der Waals surface area (Å²) in [6, 6.07) is 6.74. The largest absolute Gasteiger partial charge is 0.274 e. The first kappa shape index (κ1) is 17.9. The van der Waals surface area contributed by atoms with E-state index in [4.69, 9.17) is 0 Å². The third-order valence-electron chi connectivity index (χ3n) is 7.27. The average molecular weight is 367 g/mol. The van der Waals surface area contributed by atoms with Gasteiger partial charge in [0.05, 0.1) is 11.1 Å². The summed E-state index contributed by atoms with van der Waals surface area (Å²) in [5, 5.41) is 4.42.